The van der Waals surface area contributed by atoms with Crippen LogP contribution in [0.4, 0.5) is 5.13 Å². The molecule has 17 heavy (non-hydrogen) atoms. The first-order valence-corrected chi connectivity index (χ1v) is 7.60. The third kappa shape index (κ3) is 2.57. The molecule has 1 aliphatic rings. The van der Waals surface area contributed by atoms with E-state index in [2.05, 4.69) is 16.6 Å². The number of nitrogens with one attached hydrogen (secondary N) is 1. The minimum Gasteiger partial charge on any atom is -0.477 e. The average molecular weight is 272 g/mol. The van der Waals surface area contributed by atoms with Crippen molar-refractivity contribution < 1.29 is 9.90 Å². The molecule has 4 nitrogen and oxygen atoms in total. The molecule has 0 aliphatic heterocycles. The monoisotopic (exact) mass is 272 g/mol. The van der Waals surface area contributed by atoms with E-state index in [4.69, 9.17) is 5.11 Å². The van der Waals surface area contributed by atoms with Gasteiger partial charge in [-0.1, -0.05) is 17.8 Å². The van der Waals surface area contributed by atoms with Crippen LogP contribution in [0, 0.1) is 6.92 Å². The van der Waals surface area contributed by atoms with Crippen molar-refractivity contribution in [2.24, 2.45) is 0 Å². The number of carboxylic acids is 1. The van der Waals surface area contributed by atoms with Gasteiger partial charge in [0.1, 0.15) is 4.88 Å². The van der Waals surface area contributed by atoms with Crippen molar-refractivity contribution in [3.8, 4) is 0 Å². The summed E-state index contributed by atoms with van der Waals surface area (Å²) in [6, 6.07) is 0. The summed E-state index contributed by atoms with van der Waals surface area (Å²) in [5.74, 6) is -0.892. The molecule has 0 atom stereocenters. The summed E-state index contributed by atoms with van der Waals surface area (Å²) in [6.45, 7) is 2.61. The van der Waals surface area contributed by atoms with Gasteiger partial charge in [-0.15, -0.1) is 0 Å². The molecule has 2 rings (SSSR count). The van der Waals surface area contributed by atoms with Crippen LogP contribution in [0.5, 0.6) is 0 Å². The fraction of sp³-hybridized carbons (Fsp3) is 0.636. The van der Waals surface area contributed by atoms with Crippen LogP contribution in [0.25, 0.3) is 0 Å². The Bertz CT molecular complexity index is 422. The first-order chi connectivity index (χ1) is 8.06. The Hall–Kier alpha value is -0.750. The number of thioether (sulfide) groups is 1. The Labute approximate surface area is 109 Å². The number of thiazole rings is 1. The highest BCUT2D eigenvalue weighted by Crippen LogP contribution is 2.42. The highest BCUT2D eigenvalue weighted by molar-refractivity contribution is 8.00. The summed E-state index contributed by atoms with van der Waals surface area (Å²) in [6.07, 6.45) is 5.89. The number of nitrogens with zero attached hydrogens (tertiary/aromatic N) is 1. The Morgan fingerprint density at radius 1 is 1.65 bits per heavy atom. The Balaban J connectivity index is 1.99. The van der Waals surface area contributed by atoms with Gasteiger partial charge >= 0.3 is 5.97 Å². The lowest BCUT2D eigenvalue weighted by molar-refractivity contribution is 0.0701. The number of rotatable bonds is 5. The maximum Gasteiger partial charge on any atom is 0.347 e. The standard InChI is InChI=1S/C11H16N2O2S2/c1-7-8(9(14)15)17-10(13-7)12-6-11(16-2)4-3-5-11/h3-6H2,1-2H3,(H,12,13)(H,14,15). The van der Waals surface area contributed by atoms with E-state index in [9.17, 15) is 4.79 Å². The van der Waals surface area contributed by atoms with Crippen molar-refractivity contribution in [3.05, 3.63) is 10.6 Å². The summed E-state index contributed by atoms with van der Waals surface area (Å²) in [5.41, 5.74) is 0.594. The Kier molecular flexibility index (Phi) is 3.63. The second kappa shape index (κ2) is 4.86. The Morgan fingerprint density at radius 3 is 2.76 bits per heavy atom. The lowest BCUT2D eigenvalue weighted by Gasteiger charge is -2.40. The molecule has 1 heterocycles. The van der Waals surface area contributed by atoms with Crippen LogP contribution >= 0.6 is 23.1 Å². The molecular weight excluding hydrogens is 256 g/mol. The second-order valence-corrected chi connectivity index (χ2v) is 6.61. The van der Waals surface area contributed by atoms with Gasteiger partial charge in [-0.2, -0.15) is 11.8 Å². The van der Waals surface area contributed by atoms with E-state index in [1.54, 1.807) is 6.92 Å². The second-order valence-electron chi connectivity index (χ2n) is 4.33. The van der Waals surface area contributed by atoms with Crippen molar-refractivity contribution in [2.75, 3.05) is 18.1 Å². The maximum atomic E-state index is 10.9. The summed E-state index contributed by atoms with van der Waals surface area (Å²) in [4.78, 5) is 15.5. The number of carboxylic acid groups (broad SMARTS) is 1. The smallest absolute Gasteiger partial charge is 0.347 e. The molecule has 0 unspecified atom stereocenters. The van der Waals surface area contributed by atoms with Gasteiger partial charge < -0.3 is 10.4 Å². The third-order valence-electron chi connectivity index (χ3n) is 3.25. The number of carbonyl (C=O) groups is 1. The zero-order valence-corrected chi connectivity index (χ0v) is 11.6. The quantitative estimate of drug-likeness (QED) is 0.863. The molecule has 1 fully saturated rings. The minimum atomic E-state index is -0.892. The largest absolute Gasteiger partial charge is 0.477 e. The van der Waals surface area contributed by atoms with Gasteiger partial charge in [0.25, 0.3) is 0 Å². The van der Waals surface area contributed by atoms with Crippen LogP contribution in [-0.4, -0.2) is 33.6 Å². The predicted molar refractivity (Wildman–Crippen MR) is 72.4 cm³/mol. The molecule has 1 aromatic rings. The van der Waals surface area contributed by atoms with Crippen LogP contribution in [-0.2, 0) is 0 Å². The number of anilines is 1. The third-order valence-corrected chi connectivity index (χ3v) is 5.77. The molecule has 1 saturated carbocycles. The highest BCUT2D eigenvalue weighted by atomic mass is 32.2. The van der Waals surface area contributed by atoms with Crippen molar-refractivity contribution >= 4 is 34.2 Å². The van der Waals surface area contributed by atoms with Gasteiger partial charge in [-0.3, -0.25) is 0 Å². The SMILES string of the molecule is CSC1(CNc2nc(C)c(C(=O)O)s2)CCC1. The summed E-state index contributed by atoms with van der Waals surface area (Å²) < 4.78 is 0.336. The number of hydrogen-bond acceptors (Lipinski definition) is 5. The fourth-order valence-electron chi connectivity index (χ4n) is 1.93. The lowest BCUT2D eigenvalue weighted by atomic mass is 9.84. The van der Waals surface area contributed by atoms with E-state index >= 15 is 0 Å². The zero-order valence-electron chi connectivity index (χ0n) is 9.95. The molecule has 0 saturated heterocycles. The predicted octanol–water partition coefficient (Wildman–Crippen LogP) is 2.85. The molecule has 1 aromatic heterocycles. The molecule has 6 heteroatoms. The summed E-state index contributed by atoms with van der Waals surface area (Å²) in [5, 5.41) is 12.9. The van der Waals surface area contributed by atoms with Gasteiger partial charge in [0, 0.05) is 11.3 Å². The molecule has 0 amide bonds. The van der Waals surface area contributed by atoms with E-state index in [0.717, 1.165) is 11.7 Å². The van der Waals surface area contributed by atoms with E-state index in [1.807, 2.05) is 11.8 Å². The van der Waals surface area contributed by atoms with Gasteiger partial charge in [0.15, 0.2) is 5.13 Å². The molecule has 0 aromatic carbocycles. The van der Waals surface area contributed by atoms with Crippen LogP contribution in [0.15, 0.2) is 0 Å². The fourth-order valence-corrected chi connectivity index (χ4v) is 3.65. The Morgan fingerprint density at radius 2 is 2.35 bits per heavy atom. The first kappa shape index (κ1) is 12.7. The van der Waals surface area contributed by atoms with Gasteiger partial charge in [0.2, 0.25) is 0 Å². The van der Waals surface area contributed by atoms with Crippen molar-refractivity contribution in [3.63, 3.8) is 0 Å². The average Bonchev–Trinajstić information content (AvgIpc) is 2.59. The van der Waals surface area contributed by atoms with Gasteiger partial charge in [-0.05, 0) is 26.0 Å². The number of aromatic carboxylic acids is 1. The molecule has 0 spiro atoms. The molecule has 94 valence electrons. The minimum absolute atomic E-state index is 0.333. The molecule has 0 radical (unpaired) electrons. The first-order valence-electron chi connectivity index (χ1n) is 5.56. The van der Waals surface area contributed by atoms with E-state index in [0.29, 0.717) is 15.3 Å². The van der Waals surface area contributed by atoms with Gasteiger partial charge in [-0.25, -0.2) is 9.78 Å². The number of hydrogen-bond donors (Lipinski definition) is 2. The number of aromatic nitrogens is 1. The molecule has 1 aliphatic carbocycles. The molecular formula is C11H16N2O2S2. The zero-order chi connectivity index (χ0) is 12.5. The highest BCUT2D eigenvalue weighted by Gasteiger charge is 2.36. The van der Waals surface area contributed by atoms with Crippen molar-refractivity contribution in [1.29, 1.82) is 0 Å². The van der Waals surface area contributed by atoms with E-state index < -0.39 is 5.97 Å². The normalized spacial score (nSPS) is 17.5. The summed E-state index contributed by atoms with van der Waals surface area (Å²) in [7, 11) is 0. The van der Waals surface area contributed by atoms with Crippen molar-refractivity contribution in [2.45, 2.75) is 30.9 Å². The lowest BCUT2D eigenvalue weighted by Crippen LogP contribution is -2.40. The van der Waals surface area contributed by atoms with Gasteiger partial charge in [0.05, 0.1) is 5.69 Å². The van der Waals surface area contributed by atoms with E-state index in [1.165, 1.54) is 30.6 Å². The number of aryl methyl sites for hydroxylation is 1. The summed E-state index contributed by atoms with van der Waals surface area (Å²) >= 11 is 3.12. The van der Waals surface area contributed by atoms with Crippen LogP contribution in [0.3, 0.4) is 0 Å². The molecule has 2 N–H and O–H groups in total. The van der Waals surface area contributed by atoms with Crippen LogP contribution < -0.4 is 5.32 Å². The van der Waals surface area contributed by atoms with Crippen LogP contribution in [0.1, 0.15) is 34.6 Å². The van der Waals surface area contributed by atoms with Crippen molar-refractivity contribution in [1.82, 2.24) is 4.98 Å². The maximum absolute atomic E-state index is 10.9. The topological polar surface area (TPSA) is 62.2 Å². The van der Waals surface area contributed by atoms with E-state index in [-0.39, 0.29) is 0 Å². The molecule has 0 bridgehead atoms. The van der Waals surface area contributed by atoms with Crippen LogP contribution in [0.2, 0.25) is 0 Å².